The average Bonchev–Trinajstić information content (AvgIpc) is 2.50. The van der Waals surface area contributed by atoms with Gasteiger partial charge in [-0.15, -0.1) is 0 Å². The van der Waals surface area contributed by atoms with E-state index in [0.717, 1.165) is 71.9 Å². The number of nitrogens with zero attached hydrogens (tertiary/aromatic N) is 2. The molecule has 0 N–H and O–H groups in total. The van der Waals surface area contributed by atoms with E-state index in [0.29, 0.717) is 18.4 Å². The van der Waals surface area contributed by atoms with Crippen LogP contribution in [0.25, 0.3) is 0 Å². The van der Waals surface area contributed by atoms with Crippen molar-refractivity contribution in [2.24, 2.45) is 0 Å². The standard InChI is InChI=1S/C15H28N2O3/c1-2-3-15(18)17(14-4-10-19-11-5-14)7-6-16-8-12-20-13-9-16/h14H,2-13H2,1H3. The van der Waals surface area contributed by atoms with Crippen LogP contribution in [0.15, 0.2) is 0 Å². The summed E-state index contributed by atoms with van der Waals surface area (Å²) >= 11 is 0. The molecule has 0 unspecified atom stereocenters. The third kappa shape index (κ3) is 4.72. The molecule has 0 radical (unpaired) electrons. The van der Waals surface area contributed by atoms with Crippen LogP contribution in [0, 0.1) is 0 Å². The van der Waals surface area contributed by atoms with Crippen molar-refractivity contribution in [1.82, 2.24) is 9.80 Å². The van der Waals surface area contributed by atoms with Crippen LogP contribution in [0.3, 0.4) is 0 Å². The van der Waals surface area contributed by atoms with Gasteiger partial charge in [-0.05, 0) is 19.3 Å². The van der Waals surface area contributed by atoms with Crippen LogP contribution in [0.2, 0.25) is 0 Å². The first-order valence-corrected chi connectivity index (χ1v) is 7.98. The molecule has 2 saturated heterocycles. The number of ether oxygens (including phenoxy) is 2. The molecule has 5 nitrogen and oxygen atoms in total. The highest BCUT2D eigenvalue weighted by Gasteiger charge is 2.25. The first-order valence-electron chi connectivity index (χ1n) is 7.98. The van der Waals surface area contributed by atoms with E-state index in [-0.39, 0.29) is 0 Å². The topological polar surface area (TPSA) is 42.0 Å². The Balaban J connectivity index is 1.85. The summed E-state index contributed by atoms with van der Waals surface area (Å²) in [6, 6.07) is 0.379. The molecule has 0 atom stereocenters. The van der Waals surface area contributed by atoms with Crippen LogP contribution >= 0.6 is 0 Å². The lowest BCUT2D eigenvalue weighted by Gasteiger charge is -2.36. The smallest absolute Gasteiger partial charge is 0.222 e. The Morgan fingerprint density at radius 3 is 2.45 bits per heavy atom. The monoisotopic (exact) mass is 284 g/mol. The number of carbonyl (C=O) groups is 1. The molecule has 1 amide bonds. The highest BCUT2D eigenvalue weighted by atomic mass is 16.5. The summed E-state index contributed by atoms with van der Waals surface area (Å²) in [5.74, 6) is 0.313. The molecule has 0 aliphatic carbocycles. The molecule has 2 rings (SSSR count). The molecule has 0 aromatic carbocycles. The van der Waals surface area contributed by atoms with Crippen molar-refractivity contribution in [2.45, 2.75) is 38.6 Å². The number of hydrogen-bond acceptors (Lipinski definition) is 4. The summed E-state index contributed by atoms with van der Waals surface area (Å²) in [7, 11) is 0. The quantitative estimate of drug-likeness (QED) is 0.733. The molecule has 2 fully saturated rings. The van der Waals surface area contributed by atoms with E-state index in [1.165, 1.54) is 0 Å². The van der Waals surface area contributed by atoms with Crippen LogP contribution in [-0.4, -0.2) is 74.4 Å². The van der Waals surface area contributed by atoms with Crippen LogP contribution in [-0.2, 0) is 14.3 Å². The Labute approximate surface area is 122 Å². The number of rotatable bonds is 6. The summed E-state index contributed by atoms with van der Waals surface area (Å²) in [6.07, 6.45) is 3.56. The van der Waals surface area contributed by atoms with Crippen molar-refractivity contribution >= 4 is 5.91 Å². The van der Waals surface area contributed by atoms with E-state index >= 15 is 0 Å². The summed E-state index contributed by atoms with van der Waals surface area (Å²) in [5.41, 5.74) is 0. The molecule has 2 aliphatic heterocycles. The maximum atomic E-state index is 12.4. The van der Waals surface area contributed by atoms with Gasteiger partial charge in [0.2, 0.25) is 5.91 Å². The van der Waals surface area contributed by atoms with E-state index < -0.39 is 0 Å². The predicted molar refractivity (Wildman–Crippen MR) is 77.7 cm³/mol. The number of hydrogen-bond donors (Lipinski definition) is 0. The van der Waals surface area contributed by atoms with Gasteiger partial charge in [0.1, 0.15) is 0 Å². The van der Waals surface area contributed by atoms with Gasteiger partial charge in [-0.1, -0.05) is 6.92 Å². The van der Waals surface area contributed by atoms with Crippen LogP contribution < -0.4 is 0 Å². The maximum absolute atomic E-state index is 12.4. The minimum atomic E-state index is 0.313. The molecule has 0 spiro atoms. The zero-order valence-corrected chi connectivity index (χ0v) is 12.7. The van der Waals surface area contributed by atoms with Gasteiger partial charge in [-0.2, -0.15) is 0 Å². The molecule has 5 heteroatoms. The number of carbonyl (C=O) groups excluding carboxylic acids is 1. The first-order chi connectivity index (χ1) is 9.81. The van der Waals surface area contributed by atoms with Crippen molar-refractivity contribution < 1.29 is 14.3 Å². The van der Waals surface area contributed by atoms with E-state index in [9.17, 15) is 4.79 Å². The fourth-order valence-corrected chi connectivity index (χ4v) is 2.94. The van der Waals surface area contributed by atoms with Crippen molar-refractivity contribution in [3.05, 3.63) is 0 Å². The first kappa shape index (κ1) is 15.7. The Morgan fingerprint density at radius 2 is 1.80 bits per heavy atom. The molecular weight excluding hydrogens is 256 g/mol. The Bertz CT molecular complexity index is 287. The van der Waals surface area contributed by atoms with Gasteiger partial charge >= 0.3 is 0 Å². The van der Waals surface area contributed by atoms with Gasteiger partial charge in [0.15, 0.2) is 0 Å². The molecular formula is C15H28N2O3. The van der Waals surface area contributed by atoms with Gasteiger partial charge in [0, 0.05) is 51.9 Å². The number of amides is 1. The van der Waals surface area contributed by atoms with Crippen molar-refractivity contribution in [1.29, 1.82) is 0 Å². The molecule has 0 bridgehead atoms. The Morgan fingerprint density at radius 1 is 1.15 bits per heavy atom. The number of morpholine rings is 1. The van der Waals surface area contributed by atoms with E-state index in [1.807, 2.05) is 0 Å². The Kier molecular flexibility index (Phi) is 6.76. The average molecular weight is 284 g/mol. The van der Waals surface area contributed by atoms with Crippen LogP contribution in [0.5, 0.6) is 0 Å². The molecule has 116 valence electrons. The van der Waals surface area contributed by atoms with E-state index in [1.54, 1.807) is 0 Å². The fourth-order valence-electron chi connectivity index (χ4n) is 2.94. The normalized spacial score (nSPS) is 21.9. The minimum Gasteiger partial charge on any atom is -0.381 e. The summed E-state index contributed by atoms with van der Waals surface area (Å²) < 4.78 is 10.8. The van der Waals surface area contributed by atoms with Gasteiger partial charge in [-0.25, -0.2) is 0 Å². The SMILES string of the molecule is CCCC(=O)N(CCN1CCOCC1)C1CCOCC1. The Hall–Kier alpha value is -0.650. The molecule has 2 aliphatic rings. The highest BCUT2D eigenvalue weighted by molar-refractivity contribution is 5.76. The highest BCUT2D eigenvalue weighted by Crippen LogP contribution is 2.16. The third-order valence-corrected chi connectivity index (χ3v) is 4.18. The fraction of sp³-hybridized carbons (Fsp3) is 0.933. The lowest BCUT2D eigenvalue weighted by Crippen LogP contribution is -2.48. The summed E-state index contributed by atoms with van der Waals surface area (Å²) in [4.78, 5) is 16.9. The van der Waals surface area contributed by atoms with Crippen molar-refractivity contribution in [2.75, 3.05) is 52.6 Å². The molecule has 0 saturated carbocycles. The van der Waals surface area contributed by atoms with E-state index in [4.69, 9.17) is 9.47 Å². The lowest BCUT2D eigenvalue weighted by molar-refractivity contribution is -0.135. The maximum Gasteiger partial charge on any atom is 0.222 e. The second-order valence-corrected chi connectivity index (χ2v) is 5.63. The van der Waals surface area contributed by atoms with Gasteiger partial charge < -0.3 is 14.4 Å². The largest absolute Gasteiger partial charge is 0.381 e. The van der Waals surface area contributed by atoms with Gasteiger partial charge in [0.25, 0.3) is 0 Å². The zero-order chi connectivity index (χ0) is 14.2. The van der Waals surface area contributed by atoms with E-state index in [2.05, 4.69) is 16.7 Å². The molecule has 0 aromatic heterocycles. The van der Waals surface area contributed by atoms with Gasteiger partial charge in [0.05, 0.1) is 13.2 Å². The second-order valence-electron chi connectivity index (χ2n) is 5.63. The molecule has 2 heterocycles. The van der Waals surface area contributed by atoms with Crippen LogP contribution in [0.1, 0.15) is 32.6 Å². The molecule has 0 aromatic rings. The summed E-state index contributed by atoms with van der Waals surface area (Å²) in [6.45, 7) is 9.09. The zero-order valence-electron chi connectivity index (χ0n) is 12.7. The lowest BCUT2D eigenvalue weighted by atomic mass is 10.1. The van der Waals surface area contributed by atoms with Crippen molar-refractivity contribution in [3.63, 3.8) is 0 Å². The van der Waals surface area contributed by atoms with Crippen LogP contribution in [0.4, 0.5) is 0 Å². The predicted octanol–water partition coefficient (Wildman–Crippen LogP) is 1.13. The second kappa shape index (κ2) is 8.60. The summed E-state index contributed by atoms with van der Waals surface area (Å²) in [5, 5.41) is 0. The third-order valence-electron chi connectivity index (χ3n) is 4.18. The minimum absolute atomic E-state index is 0.313. The van der Waals surface area contributed by atoms with Crippen molar-refractivity contribution in [3.8, 4) is 0 Å². The molecule has 20 heavy (non-hydrogen) atoms. The van der Waals surface area contributed by atoms with Gasteiger partial charge in [-0.3, -0.25) is 9.69 Å².